The number of carbonyl (C=O) groups is 1. The first-order valence-electron chi connectivity index (χ1n) is 4.84. The van der Waals surface area contributed by atoms with E-state index in [2.05, 4.69) is 4.98 Å². The lowest BCUT2D eigenvalue weighted by Gasteiger charge is -2.02. The summed E-state index contributed by atoms with van der Waals surface area (Å²) in [5.41, 5.74) is 1.93. The van der Waals surface area contributed by atoms with Crippen molar-refractivity contribution >= 4 is 16.9 Å². The molecule has 16 heavy (non-hydrogen) atoms. The molecule has 1 aromatic carbocycles. The van der Waals surface area contributed by atoms with Gasteiger partial charge in [0.2, 0.25) is 0 Å². The van der Waals surface area contributed by atoms with Gasteiger partial charge in [-0.1, -0.05) is 6.07 Å². The van der Waals surface area contributed by atoms with E-state index in [9.17, 15) is 9.18 Å². The maximum atomic E-state index is 12.4. The van der Waals surface area contributed by atoms with Crippen LogP contribution in [0.25, 0.3) is 10.9 Å². The Morgan fingerprint density at radius 1 is 1.31 bits per heavy atom. The van der Waals surface area contributed by atoms with Gasteiger partial charge in [0, 0.05) is 11.6 Å². The molecular weight excluding hydrogens is 209 g/mol. The van der Waals surface area contributed by atoms with Crippen molar-refractivity contribution in [2.24, 2.45) is 0 Å². The van der Waals surface area contributed by atoms with E-state index in [-0.39, 0.29) is 6.42 Å². The fourth-order valence-electron chi connectivity index (χ4n) is 1.58. The molecule has 0 saturated heterocycles. The van der Waals surface area contributed by atoms with Gasteiger partial charge in [-0.2, -0.15) is 0 Å². The summed E-state index contributed by atoms with van der Waals surface area (Å²) in [5.74, 6) is -0.900. The average molecular weight is 219 g/mol. The van der Waals surface area contributed by atoms with E-state index in [1.165, 1.54) is 6.20 Å². The average Bonchev–Trinajstić information content (AvgIpc) is 2.27. The predicted molar refractivity (Wildman–Crippen MR) is 57.9 cm³/mol. The molecule has 0 fully saturated rings. The molecule has 0 radical (unpaired) electrons. The number of benzene rings is 1. The topological polar surface area (TPSA) is 50.2 Å². The van der Waals surface area contributed by atoms with Crippen molar-refractivity contribution in [3.05, 3.63) is 41.6 Å². The van der Waals surface area contributed by atoms with Gasteiger partial charge in [0.15, 0.2) is 0 Å². The number of hydrogen-bond donors (Lipinski definition) is 1. The summed E-state index contributed by atoms with van der Waals surface area (Å²) in [6.45, 7) is -0.529. The van der Waals surface area contributed by atoms with Crippen molar-refractivity contribution in [3.63, 3.8) is 0 Å². The lowest BCUT2D eigenvalue weighted by molar-refractivity contribution is -0.136. The normalized spacial score (nSPS) is 10.6. The van der Waals surface area contributed by atoms with Crippen molar-refractivity contribution in [1.82, 2.24) is 4.98 Å². The van der Waals surface area contributed by atoms with Crippen LogP contribution in [0.15, 0.2) is 30.5 Å². The molecule has 0 saturated carbocycles. The second kappa shape index (κ2) is 4.26. The molecule has 4 heteroatoms. The zero-order chi connectivity index (χ0) is 11.5. The van der Waals surface area contributed by atoms with Gasteiger partial charge < -0.3 is 5.11 Å². The second-order valence-electron chi connectivity index (χ2n) is 3.57. The Morgan fingerprint density at radius 2 is 2.06 bits per heavy atom. The van der Waals surface area contributed by atoms with Crippen LogP contribution in [0.4, 0.5) is 4.39 Å². The van der Waals surface area contributed by atoms with E-state index in [4.69, 9.17) is 5.11 Å². The highest BCUT2D eigenvalue weighted by Crippen LogP contribution is 2.16. The molecule has 2 rings (SSSR count). The van der Waals surface area contributed by atoms with Crippen LogP contribution in [-0.4, -0.2) is 16.1 Å². The second-order valence-corrected chi connectivity index (χ2v) is 3.57. The first-order chi connectivity index (χ1) is 7.69. The zero-order valence-electron chi connectivity index (χ0n) is 8.48. The van der Waals surface area contributed by atoms with Crippen LogP contribution in [0.2, 0.25) is 0 Å². The van der Waals surface area contributed by atoms with Crippen molar-refractivity contribution in [2.45, 2.75) is 13.1 Å². The molecule has 2 aromatic rings. The Hall–Kier alpha value is -1.97. The van der Waals surface area contributed by atoms with Crippen LogP contribution in [0.5, 0.6) is 0 Å². The van der Waals surface area contributed by atoms with Crippen molar-refractivity contribution in [3.8, 4) is 0 Å². The summed E-state index contributed by atoms with van der Waals surface area (Å²) in [4.78, 5) is 14.7. The van der Waals surface area contributed by atoms with Gasteiger partial charge >= 0.3 is 5.97 Å². The number of fused-ring (bicyclic) bond motifs is 1. The molecular formula is C12H10FNO2. The number of pyridine rings is 1. The quantitative estimate of drug-likeness (QED) is 0.861. The number of rotatable bonds is 3. The van der Waals surface area contributed by atoms with Gasteiger partial charge in [0.05, 0.1) is 11.9 Å². The standard InChI is InChI=1S/C12H10FNO2/c13-6-8-1-2-11-10(3-8)4-9(7-14-11)5-12(15)16/h1-4,7H,5-6H2,(H,15,16). The lowest BCUT2D eigenvalue weighted by Crippen LogP contribution is -2.00. The van der Waals surface area contributed by atoms with Crippen molar-refractivity contribution in [2.75, 3.05) is 0 Å². The van der Waals surface area contributed by atoms with Crippen LogP contribution in [-0.2, 0) is 17.9 Å². The molecule has 0 spiro atoms. The van der Waals surface area contributed by atoms with Gasteiger partial charge in [-0.15, -0.1) is 0 Å². The number of nitrogens with zero attached hydrogens (tertiary/aromatic N) is 1. The molecule has 3 nitrogen and oxygen atoms in total. The molecule has 0 amide bonds. The predicted octanol–water partition coefficient (Wildman–Crippen LogP) is 2.33. The first-order valence-corrected chi connectivity index (χ1v) is 4.84. The smallest absolute Gasteiger partial charge is 0.307 e. The van der Waals surface area contributed by atoms with E-state index in [0.717, 1.165) is 10.9 Å². The van der Waals surface area contributed by atoms with E-state index < -0.39 is 12.6 Å². The highest BCUT2D eigenvalue weighted by molar-refractivity contribution is 5.81. The number of alkyl halides is 1. The van der Waals surface area contributed by atoms with Gasteiger partial charge in [-0.05, 0) is 29.3 Å². The number of aromatic nitrogens is 1. The maximum Gasteiger partial charge on any atom is 0.307 e. The number of aliphatic carboxylic acids is 1. The van der Waals surface area contributed by atoms with Gasteiger partial charge in [0.25, 0.3) is 0 Å². The maximum absolute atomic E-state index is 12.4. The summed E-state index contributed by atoms with van der Waals surface area (Å²) in [6, 6.07) is 6.82. The molecule has 0 aliphatic rings. The Kier molecular flexibility index (Phi) is 2.81. The third kappa shape index (κ3) is 2.16. The van der Waals surface area contributed by atoms with E-state index >= 15 is 0 Å². The number of hydrogen-bond acceptors (Lipinski definition) is 2. The summed E-state index contributed by atoms with van der Waals surface area (Å²) in [7, 11) is 0. The van der Waals surface area contributed by atoms with Crippen molar-refractivity contribution < 1.29 is 14.3 Å². The van der Waals surface area contributed by atoms with E-state index in [0.29, 0.717) is 11.1 Å². The summed E-state index contributed by atoms with van der Waals surface area (Å²) < 4.78 is 12.4. The molecule has 0 bridgehead atoms. The number of carboxylic acids is 1. The Morgan fingerprint density at radius 3 is 2.75 bits per heavy atom. The Bertz CT molecular complexity index is 540. The molecule has 0 aliphatic heterocycles. The summed E-state index contributed by atoms with van der Waals surface area (Å²) in [6.07, 6.45) is 1.47. The third-order valence-electron chi connectivity index (χ3n) is 2.31. The van der Waals surface area contributed by atoms with Crippen LogP contribution in [0, 0.1) is 0 Å². The van der Waals surface area contributed by atoms with E-state index in [1.54, 1.807) is 24.3 Å². The van der Waals surface area contributed by atoms with Crippen LogP contribution >= 0.6 is 0 Å². The SMILES string of the molecule is O=C(O)Cc1cnc2ccc(CF)cc2c1. The molecule has 1 aromatic heterocycles. The summed E-state index contributed by atoms with van der Waals surface area (Å²) >= 11 is 0. The minimum Gasteiger partial charge on any atom is -0.481 e. The molecule has 1 N–H and O–H groups in total. The van der Waals surface area contributed by atoms with Crippen LogP contribution in [0.1, 0.15) is 11.1 Å². The molecule has 0 aliphatic carbocycles. The van der Waals surface area contributed by atoms with Crippen LogP contribution < -0.4 is 0 Å². The van der Waals surface area contributed by atoms with E-state index in [1.807, 2.05) is 0 Å². The minimum atomic E-state index is -0.900. The Balaban J connectivity index is 2.46. The largest absolute Gasteiger partial charge is 0.481 e. The Labute approximate surface area is 91.5 Å². The minimum absolute atomic E-state index is 0.0667. The molecule has 82 valence electrons. The van der Waals surface area contributed by atoms with Gasteiger partial charge in [-0.3, -0.25) is 9.78 Å². The zero-order valence-corrected chi connectivity index (χ0v) is 8.48. The number of halogens is 1. The molecule has 0 unspecified atom stereocenters. The lowest BCUT2D eigenvalue weighted by atomic mass is 10.1. The third-order valence-corrected chi connectivity index (χ3v) is 2.31. The first kappa shape index (κ1) is 10.5. The van der Waals surface area contributed by atoms with Crippen molar-refractivity contribution in [1.29, 1.82) is 0 Å². The van der Waals surface area contributed by atoms with Crippen LogP contribution in [0.3, 0.4) is 0 Å². The summed E-state index contributed by atoms with van der Waals surface area (Å²) in [5, 5.41) is 9.42. The fraction of sp³-hybridized carbons (Fsp3) is 0.167. The molecule has 1 heterocycles. The highest BCUT2D eigenvalue weighted by atomic mass is 19.1. The van der Waals surface area contributed by atoms with Gasteiger partial charge in [-0.25, -0.2) is 4.39 Å². The molecule has 0 atom stereocenters. The highest BCUT2D eigenvalue weighted by Gasteiger charge is 2.03. The monoisotopic (exact) mass is 219 g/mol. The number of carboxylic acid groups (broad SMARTS) is 1. The fourth-order valence-corrected chi connectivity index (χ4v) is 1.58. The van der Waals surface area contributed by atoms with Gasteiger partial charge in [0.1, 0.15) is 6.67 Å².